The third-order valence-corrected chi connectivity index (χ3v) is 3.10. The Morgan fingerprint density at radius 2 is 1.82 bits per heavy atom. The van der Waals surface area contributed by atoms with E-state index in [1.807, 2.05) is 34.6 Å². The molecule has 1 N–H and O–H groups in total. The second kappa shape index (κ2) is 5.17. The molecule has 0 aromatic carbocycles. The van der Waals surface area contributed by atoms with Crippen LogP contribution in [0.1, 0.15) is 53.9 Å². The van der Waals surface area contributed by atoms with Crippen LogP contribution in [0.25, 0.3) is 0 Å². The van der Waals surface area contributed by atoms with E-state index in [1.165, 1.54) is 4.90 Å². The van der Waals surface area contributed by atoms with E-state index in [0.29, 0.717) is 6.42 Å². The van der Waals surface area contributed by atoms with Crippen molar-refractivity contribution < 1.29 is 9.59 Å². The third-order valence-electron chi connectivity index (χ3n) is 3.10. The Labute approximate surface area is 104 Å². The lowest BCUT2D eigenvalue weighted by Gasteiger charge is -2.27. The van der Waals surface area contributed by atoms with Gasteiger partial charge in [-0.15, -0.1) is 0 Å². The average Bonchev–Trinajstić information content (AvgIpc) is 2.45. The van der Waals surface area contributed by atoms with Crippen LogP contribution in [0.15, 0.2) is 0 Å². The Balaban J connectivity index is 2.78. The summed E-state index contributed by atoms with van der Waals surface area (Å²) in [6.45, 7) is 10.0. The van der Waals surface area contributed by atoms with Gasteiger partial charge < -0.3 is 5.32 Å². The number of nitrogens with zero attached hydrogens (tertiary/aromatic N) is 1. The van der Waals surface area contributed by atoms with Crippen molar-refractivity contribution in [2.24, 2.45) is 0 Å². The van der Waals surface area contributed by atoms with Crippen molar-refractivity contribution in [3.05, 3.63) is 0 Å². The number of amides is 2. The van der Waals surface area contributed by atoms with E-state index in [1.54, 1.807) is 0 Å². The van der Waals surface area contributed by atoms with Crippen LogP contribution in [-0.2, 0) is 9.59 Å². The fourth-order valence-corrected chi connectivity index (χ4v) is 2.32. The highest BCUT2D eigenvalue weighted by Crippen LogP contribution is 2.21. The van der Waals surface area contributed by atoms with E-state index in [0.717, 1.165) is 12.8 Å². The topological polar surface area (TPSA) is 49.4 Å². The van der Waals surface area contributed by atoms with Gasteiger partial charge in [0.25, 0.3) is 0 Å². The standard InChI is InChI=1S/C13H24N2O2/c1-6-9(7-2)15-11(16)8-10(12(15)17)14-13(3,4)5/h9-10,14H,6-8H2,1-5H3. The van der Waals surface area contributed by atoms with E-state index in [9.17, 15) is 9.59 Å². The molecule has 0 saturated carbocycles. The van der Waals surface area contributed by atoms with Crippen molar-refractivity contribution in [1.29, 1.82) is 0 Å². The zero-order valence-corrected chi connectivity index (χ0v) is 11.5. The molecule has 0 aliphatic carbocycles. The Hall–Kier alpha value is -0.900. The number of carbonyl (C=O) groups is 2. The molecule has 0 aromatic heterocycles. The Bertz CT molecular complexity index is 303. The van der Waals surface area contributed by atoms with Gasteiger partial charge in [-0.1, -0.05) is 13.8 Å². The largest absolute Gasteiger partial charge is 0.301 e. The summed E-state index contributed by atoms with van der Waals surface area (Å²) in [5.41, 5.74) is -0.148. The molecule has 0 aromatic rings. The highest BCUT2D eigenvalue weighted by atomic mass is 16.2. The minimum Gasteiger partial charge on any atom is -0.301 e. The van der Waals surface area contributed by atoms with Gasteiger partial charge in [-0.2, -0.15) is 0 Å². The highest BCUT2D eigenvalue weighted by Gasteiger charge is 2.42. The summed E-state index contributed by atoms with van der Waals surface area (Å²) in [6, 6.07) is -0.287. The average molecular weight is 240 g/mol. The summed E-state index contributed by atoms with van der Waals surface area (Å²) in [4.78, 5) is 25.6. The van der Waals surface area contributed by atoms with Crippen molar-refractivity contribution in [3.8, 4) is 0 Å². The maximum Gasteiger partial charge on any atom is 0.247 e. The number of carbonyl (C=O) groups excluding carboxylic acids is 2. The molecule has 1 aliphatic heterocycles. The molecule has 17 heavy (non-hydrogen) atoms. The van der Waals surface area contributed by atoms with E-state index in [4.69, 9.17) is 0 Å². The van der Waals surface area contributed by atoms with Crippen LogP contribution in [0.4, 0.5) is 0 Å². The summed E-state index contributed by atoms with van der Waals surface area (Å²) in [5.74, 6) is -0.0934. The van der Waals surface area contributed by atoms with Gasteiger partial charge in [-0.3, -0.25) is 14.5 Å². The molecule has 4 nitrogen and oxygen atoms in total. The van der Waals surface area contributed by atoms with Gasteiger partial charge in [0.2, 0.25) is 11.8 Å². The smallest absolute Gasteiger partial charge is 0.247 e. The van der Waals surface area contributed by atoms with E-state index in [-0.39, 0.29) is 29.4 Å². The van der Waals surface area contributed by atoms with Gasteiger partial charge in [0.1, 0.15) is 0 Å². The minimum absolute atomic E-state index is 0.0366. The fraction of sp³-hybridized carbons (Fsp3) is 0.846. The van der Waals surface area contributed by atoms with E-state index >= 15 is 0 Å². The molecule has 1 atom stereocenters. The third kappa shape index (κ3) is 3.28. The molecule has 2 amide bonds. The molecule has 4 heteroatoms. The predicted octanol–water partition coefficient (Wildman–Crippen LogP) is 1.69. The van der Waals surface area contributed by atoms with Crippen LogP contribution in [-0.4, -0.2) is 34.3 Å². The van der Waals surface area contributed by atoms with Crippen LogP contribution in [0, 0.1) is 0 Å². The normalized spacial score (nSPS) is 21.8. The van der Waals surface area contributed by atoms with Gasteiger partial charge in [-0.25, -0.2) is 0 Å². The molecule has 98 valence electrons. The first kappa shape index (κ1) is 14.2. The number of likely N-dealkylation sites (tertiary alicyclic amines) is 1. The quantitative estimate of drug-likeness (QED) is 0.761. The Kier molecular flexibility index (Phi) is 4.31. The van der Waals surface area contributed by atoms with Crippen molar-refractivity contribution in [3.63, 3.8) is 0 Å². The molecule has 1 aliphatic rings. The number of imide groups is 1. The van der Waals surface area contributed by atoms with Crippen LogP contribution in [0.2, 0.25) is 0 Å². The molecule has 1 rings (SSSR count). The lowest BCUT2D eigenvalue weighted by molar-refractivity contribution is -0.141. The Morgan fingerprint density at radius 1 is 1.29 bits per heavy atom. The predicted molar refractivity (Wildman–Crippen MR) is 67.5 cm³/mol. The second-order valence-corrected chi connectivity index (χ2v) is 5.72. The molecule has 0 radical (unpaired) electrons. The van der Waals surface area contributed by atoms with Crippen molar-refractivity contribution in [2.75, 3.05) is 0 Å². The summed E-state index contributed by atoms with van der Waals surface area (Å²) in [6.07, 6.45) is 1.96. The zero-order valence-electron chi connectivity index (χ0n) is 11.5. The first-order chi connectivity index (χ1) is 7.80. The van der Waals surface area contributed by atoms with Gasteiger partial charge in [0, 0.05) is 11.6 Å². The molecular weight excluding hydrogens is 216 g/mol. The number of hydrogen-bond acceptors (Lipinski definition) is 3. The summed E-state index contributed by atoms with van der Waals surface area (Å²) in [5, 5.41) is 3.22. The zero-order chi connectivity index (χ0) is 13.2. The maximum absolute atomic E-state index is 12.2. The van der Waals surface area contributed by atoms with Gasteiger partial charge in [0.15, 0.2) is 0 Å². The summed E-state index contributed by atoms with van der Waals surface area (Å²) >= 11 is 0. The molecular formula is C13H24N2O2. The lowest BCUT2D eigenvalue weighted by Crippen LogP contribution is -2.49. The number of nitrogens with one attached hydrogen (secondary N) is 1. The number of rotatable bonds is 4. The monoisotopic (exact) mass is 240 g/mol. The molecule has 0 bridgehead atoms. The van der Waals surface area contributed by atoms with Crippen LogP contribution >= 0.6 is 0 Å². The van der Waals surface area contributed by atoms with Crippen LogP contribution < -0.4 is 5.32 Å². The maximum atomic E-state index is 12.2. The molecule has 0 spiro atoms. The fourth-order valence-electron chi connectivity index (χ4n) is 2.32. The summed E-state index contributed by atoms with van der Waals surface area (Å²) in [7, 11) is 0. The van der Waals surface area contributed by atoms with E-state index in [2.05, 4.69) is 5.32 Å². The van der Waals surface area contributed by atoms with Crippen LogP contribution in [0.3, 0.4) is 0 Å². The molecule has 1 unspecified atom stereocenters. The van der Waals surface area contributed by atoms with Crippen molar-refractivity contribution in [1.82, 2.24) is 10.2 Å². The minimum atomic E-state index is -0.344. The SMILES string of the molecule is CCC(CC)N1C(=O)CC(NC(C)(C)C)C1=O. The van der Waals surface area contributed by atoms with Crippen LogP contribution in [0.5, 0.6) is 0 Å². The lowest BCUT2D eigenvalue weighted by atomic mass is 10.1. The van der Waals surface area contributed by atoms with Gasteiger partial charge in [-0.05, 0) is 33.6 Å². The van der Waals surface area contributed by atoms with E-state index < -0.39 is 0 Å². The van der Waals surface area contributed by atoms with Crippen molar-refractivity contribution in [2.45, 2.75) is 71.5 Å². The van der Waals surface area contributed by atoms with Gasteiger partial charge >= 0.3 is 0 Å². The number of hydrogen-bond donors (Lipinski definition) is 1. The first-order valence-electron chi connectivity index (χ1n) is 6.43. The second-order valence-electron chi connectivity index (χ2n) is 5.72. The first-order valence-corrected chi connectivity index (χ1v) is 6.43. The van der Waals surface area contributed by atoms with Crippen molar-refractivity contribution >= 4 is 11.8 Å². The molecule has 1 saturated heterocycles. The highest BCUT2D eigenvalue weighted by molar-refractivity contribution is 6.05. The molecule has 1 fully saturated rings. The van der Waals surface area contributed by atoms with Gasteiger partial charge in [0.05, 0.1) is 12.5 Å². The summed E-state index contributed by atoms with van der Waals surface area (Å²) < 4.78 is 0. The molecule has 1 heterocycles. The Morgan fingerprint density at radius 3 is 2.24 bits per heavy atom.